The van der Waals surface area contributed by atoms with Crippen molar-refractivity contribution in [2.75, 3.05) is 29.9 Å². The normalized spacial score (nSPS) is 15.4. The molecule has 0 bridgehead atoms. The van der Waals surface area contributed by atoms with Gasteiger partial charge >= 0.3 is 6.09 Å². The molecular formula is C33H42N4O4. The number of piperidine rings is 1. The molecule has 3 aromatic rings. The van der Waals surface area contributed by atoms with Crippen LogP contribution >= 0.6 is 0 Å². The van der Waals surface area contributed by atoms with E-state index in [1.807, 2.05) is 97.8 Å². The first-order valence-corrected chi connectivity index (χ1v) is 14.6. The molecule has 218 valence electrons. The van der Waals surface area contributed by atoms with Gasteiger partial charge in [-0.1, -0.05) is 12.1 Å². The monoisotopic (exact) mass is 558 g/mol. The van der Waals surface area contributed by atoms with Gasteiger partial charge in [0, 0.05) is 37.5 Å². The quantitative estimate of drug-likeness (QED) is 0.328. The highest BCUT2D eigenvalue weighted by Crippen LogP contribution is 2.37. The Morgan fingerprint density at radius 3 is 2.54 bits per heavy atom. The molecule has 1 fully saturated rings. The third kappa shape index (κ3) is 6.69. The van der Waals surface area contributed by atoms with Crippen LogP contribution < -0.4 is 15.0 Å². The molecule has 0 unspecified atom stereocenters. The van der Waals surface area contributed by atoms with Gasteiger partial charge < -0.3 is 29.2 Å². The number of amides is 2. The molecule has 1 aromatic heterocycles. The van der Waals surface area contributed by atoms with Crippen molar-refractivity contribution in [3.8, 4) is 5.75 Å². The zero-order chi connectivity index (χ0) is 29.1. The van der Waals surface area contributed by atoms with E-state index in [0.29, 0.717) is 24.6 Å². The van der Waals surface area contributed by atoms with Gasteiger partial charge in [0.15, 0.2) is 0 Å². The highest BCUT2D eigenvalue weighted by atomic mass is 16.6. The van der Waals surface area contributed by atoms with Gasteiger partial charge in [0.05, 0.1) is 24.5 Å². The van der Waals surface area contributed by atoms with E-state index < -0.39 is 5.60 Å². The summed E-state index contributed by atoms with van der Waals surface area (Å²) in [6, 6.07) is 15.7. The van der Waals surface area contributed by atoms with Crippen LogP contribution in [0.15, 0.2) is 54.7 Å². The lowest BCUT2D eigenvalue weighted by Gasteiger charge is -2.33. The fraction of sp³-hybridized carbons (Fsp3) is 0.455. The number of nitrogens with zero attached hydrogens (tertiary/aromatic N) is 3. The van der Waals surface area contributed by atoms with Gasteiger partial charge in [-0.05, 0) is 101 Å². The molecule has 2 aliphatic rings. The van der Waals surface area contributed by atoms with Crippen molar-refractivity contribution in [3.05, 3.63) is 71.4 Å². The molecule has 8 nitrogen and oxygen atoms in total. The number of ether oxygens (including phenoxy) is 2. The first kappa shape index (κ1) is 28.6. The number of rotatable bonds is 6. The summed E-state index contributed by atoms with van der Waals surface area (Å²) in [6.45, 7) is 10.3. The van der Waals surface area contributed by atoms with Crippen molar-refractivity contribution in [1.29, 1.82) is 0 Å². The molecule has 1 N–H and O–H groups in total. The highest BCUT2D eigenvalue weighted by molar-refractivity contribution is 6.08. The number of hydrogen-bond donors (Lipinski definition) is 1. The number of hydrogen-bond acceptors (Lipinski definition) is 5. The highest BCUT2D eigenvalue weighted by Gasteiger charge is 2.28. The van der Waals surface area contributed by atoms with E-state index in [-0.39, 0.29) is 12.0 Å². The number of aromatic nitrogens is 1. The van der Waals surface area contributed by atoms with Crippen molar-refractivity contribution in [1.82, 2.24) is 9.47 Å². The molecule has 41 heavy (non-hydrogen) atoms. The summed E-state index contributed by atoms with van der Waals surface area (Å²) in [7, 11) is 2.00. The molecule has 2 aromatic carbocycles. The standard InChI is InChI=1S/C33H42N4O4/c1-23-21-25(31(38)37-22-26-16-17-35(5)30(26)34-27-10-6-7-11-28(27)37)12-13-29(23)40-20-8-9-24-14-18-36(19-15-24)32(39)41-33(2,3)4/h6-7,10-13,16-17,21,24,34H,8-9,14-15,18-20,22H2,1-5H3. The predicted molar refractivity (Wildman–Crippen MR) is 162 cm³/mol. The maximum absolute atomic E-state index is 13.8. The van der Waals surface area contributed by atoms with E-state index in [2.05, 4.69) is 11.4 Å². The summed E-state index contributed by atoms with van der Waals surface area (Å²) in [4.78, 5) is 29.8. The lowest BCUT2D eigenvalue weighted by molar-refractivity contribution is 0.0179. The van der Waals surface area contributed by atoms with Crippen LogP contribution in [0.2, 0.25) is 0 Å². The topological polar surface area (TPSA) is 76.0 Å². The van der Waals surface area contributed by atoms with E-state index >= 15 is 0 Å². The molecule has 0 saturated carbocycles. The summed E-state index contributed by atoms with van der Waals surface area (Å²) in [5, 5.41) is 3.50. The summed E-state index contributed by atoms with van der Waals surface area (Å²) in [6.07, 6.45) is 5.81. The van der Waals surface area contributed by atoms with E-state index in [9.17, 15) is 9.59 Å². The minimum absolute atomic E-state index is 0.0386. The van der Waals surface area contributed by atoms with E-state index in [1.54, 1.807) is 0 Å². The molecule has 0 spiro atoms. The van der Waals surface area contributed by atoms with Crippen LogP contribution in [0.25, 0.3) is 0 Å². The van der Waals surface area contributed by atoms with Crippen LogP contribution in [0, 0.1) is 12.8 Å². The minimum atomic E-state index is -0.461. The maximum Gasteiger partial charge on any atom is 0.410 e. The van der Waals surface area contributed by atoms with Crippen molar-refractivity contribution in [2.45, 2.75) is 65.5 Å². The Morgan fingerprint density at radius 1 is 1.05 bits per heavy atom. The van der Waals surface area contributed by atoms with Crippen molar-refractivity contribution in [3.63, 3.8) is 0 Å². The second-order valence-electron chi connectivity index (χ2n) is 12.2. The molecule has 1 saturated heterocycles. The van der Waals surface area contributed by atoms with Gasteiger partial charge in [-0.3, -0.25) is 4.79 Å². The number of nitrogens with one attached hydrogen (secondary N) is 1. The molecule has 2 amide bonds. The average molecular weight is 559 g/mol. The third-order valence-electron chi connectivity index (χ3n) is 7.88. The van der Waals surface area contributed by atoms with Gasteiger partial charge in [0.2, 0.25) is 0 Å². The number of likely N-dealkylation sites (tertiary alicyclic amines) is 1. The number of para-hydroxylation sites is 2. The third-order valence-corrected chi connectivity index (χ3v) is 7.88. The Kier molecular flexibility index (Phi) is 8.29. The number of carbonyl (C=O) groups excluding carboxylic acids is 2. The number of fused-ring (bicyclic) bond motifs is 2. The fourth-order valence-corrected chi connectivity index (χ4v) is 5.64. The van der Waals surface area contributed by atoms with Crippen LogP contribution in [0.5, 0.6) is 5.75 Å². The Bertz CT molecular complexity index is 1400. The van der Waals surface area contributed by atoms with Crippen molar-refractivity contribution >= 4 is 29.2 Å². The van der Waals surface area contributed by atoms with Crippen molar-refractivity contribution in [2.24, 2.45) is 13.0 Å². The van der Waals surface area contributed by atoms with E-state index in [1.165, 1.54) is 0 Å². The summed E-state index contributed by atoms with van der Waals surface area (Å²) in [5.74, 6) is 2.36. The minimum Gasteiger partial charge on any atom is -0.493 e. The summed E-state index contributed by atoms with van der Waals surface area (Å²) >= 11 is 0. The molecular weight excluding hydrogens is 516 g/mol. The molecule has 5 rings (SSSR count). The Labute approximate surface area is 243 Å². The van der Waals surface area contributed by atoms with Gasteiger partial charge in [-0.2, -0.15) is 0 Å². The van der Waals surface area contributed by atoms with E-state index in [0.717, 1.165) is 72.8 Å². The molecule has 0 aliphatic carbocycles. The number of benzene rings is 2. The zero-order valence-corrected chi connectivity index (χ0v) is 24.9. The van der Waals surface area contributed by atoms with Crippen LogP contribution in [-0.4, -0.2) is 46.8 Å². The first-order valence-electron chi connectivity index (χ1n) is 14.6. The van der Waals surface area contributed by atoms with Crippen LogP contribution in [-0.2, 0) is 18.3 Å². The van der Waals surface area contributed by atoms with Gasteiger partial charge in [0.25, 0.3) is 5.91 Å². The lowest BCUT2D eigenvalue weighted by atomic mass is 9.92. The van der Waals surface area contributed by atoms with Crippen molar-refractivity contribution < 1.29 is 19.1 Å². The Morgan fingerprint density at radius 2 is 1.80 bits per heavy atom. The average Bonchev–Trinajstić information content (AvgIpc) is 3.18. The number of anilines is 3. The van der Waals surface area contributed by atoms with Gasteiger partial charge in [-0.15, -0.1) is 0 Å². The fourth-order valence-electron chi connectivity index (χ4n) is 5.64. The Hall–Kier alpha value is -3.94. The van der Waals surface area contributed by atoms with Gasteiger partial charge in [0.1, 0.15) is 17.2 Å². The second kappa shape index (κ2) is 11.9. The molecule has 2 aliphatic heterocycles. The predicted octanol–water partition coefficient (Wildman–Crippen LogP) is 7.04. The summed E-state index contributed by atoms with van der Waals surface area (Å²) < 4.78 is 13.7. The molecule has 3 heterocycles. The SMILES string of the molecule is Cc1cc(C(=O)N2Cc3ccn(C)c3Nc3ccccc32)ccc1OCCCC1CCN(C(=O)OC(C)(C)C)CC1. The summed E-state index contributed by atoms with van der Waals surface area (Å²) in [5.41, 5.74) is 3.97. The zero-order valence-electron chi connectivity index (χ0n) is 24.9. The number of aryl methyl sites for hydroxylation is 2. The molecule has 0 radical (unpaired) electrons. The maximum atomic E-state index is 13.8. The van der Waals surface area contributed by atoms with Crippen LogP contribution in [0.1, 0.15) is 67.9 Å². The first-order chi connectivity index (χ1) is 19.6. The van der Waals surface area contributed by atoms with Crippen LogP contribution in [0.3, 0.4) is 0 Å². The van der Waals surface area contributed by atoms with Gasteiger partial charge in [-0.25, -0.2) is 4.79 Å². The molecule has 0 atom stereocenters. The van der Waals surface area contributed by atoms with E-state index in [4.69, 9.17) is 9.47 Å². The van der Waals surface area contributed by atoms with Crippen LogP contribution in [0.4, 0.5) is 22.0 Å². The lowest BCUT2D eigenvalue weighted by Crippen LogP contribution is -2.41. The number of carbonyl (C=O) groups is 2. The Balaban J connectivity index is 1.15. The molecule has 8 heteroatoms. The second-order valence-corrected chi connectivity index (χ2v) is 12.2. The largest absolute Gasteiger partial charge is 0.493 e. The smallest absolute Gasteiger partial charge is 0.410 e.